The molecule has 0 aliphatic rings. The van der Waals surface area contributed by atoms with Crippen LogP contribution in [0.2, 0.25) is 0 Å². The first-order valence-corrected chi connectivity index (χ1v) is 3.09. The summed E-state index contributed by atoms with van der Waals surface area (Å²) in [5.41, 5.74) is 0.819. The average Bonchev–Trinajstić information content (AvgIpc) is 2.36. The Balaban J connectivity index is 2.79. The van der Waals surface area contributed by atoms with Gasteiger partial charge in [-0.3, -0.25) is 0 Å². The molecule has 0 bridgehead atoms. The van der Waals surface area contributed by atoms with Gasteiger partial charge < -0.3 is 9.67 Å². The lowest BCUT2D eigenvalue weighted by molar-refractivity contribution is 0.272. The molecule has 3 heteroatoms. The molecule has 0 amide bonds. The molecule has 0 saturated heterocycles. The molecular formula is C7H10N2O. The summed E-state index contributed by atoms with van der Waals surface area (Å²) in [7, 11) is 0. The molecular weight excluding hydrogens is 128 g/mol. The third-order valence-corrected chi connectivity index (χ3v) is 1.29. The average molecular weight is 138 g/mol. The predicted molar refractivity (Wildman–Crippen MR) is 38.3 cm³/mol. The van der Waals surface area contributed by atoms with Gasteiger partial charge in [0.2, 0.25) is 0 Å². The number of allylic oxidation sites excluding steroid dienone is 1. The maximum atomic E-state index is 8.74. The fraction of sp³-hybridized carbons (Fsp3) is 0.286. The number of aromatic nitrogens is 2. The summed E-state index contributed by atoms with van der Waals surface area (Å²) in [4.78, 5) is 3.87. The van der Waals surface area contributed by atoms with Crippen LogP contribution in [0, 0.1) is 0 Å². The van der Waals surface area contributed by atoms with Crippen molar-refractivity contribution in [2.75, 3.05) is 0 Å². The van der Waals surface area contributed by atoms with Crippen LogP contribution in [-0.2, 0) is 13.2 Å². The van der Waals surface area contributed by atoms with Crippen LogP contribution < -0.4 is 0 Å². The number of hydrogen-bond donors (Lipinski definition) is 1. The zero-order valence-corrected chi connectivity index (χ0v) is 5.70. The van der Waals surface area contributed by atoms with E-state index in [-0.39, 0.29) is 6.61 Å². The highest BCUT2D eigenvalue weighted by Gasteiger charge is 1.95. The van der Waals surface area contributed by atoms with Gasteiger partial charge in [-0.25, -0.2) is 4.98 Å². The van der Waals surface area contributed by atoms with Crippen LogP contribution in [0.1, 0.15) is 5.69 Å². The maximum Gasteiger partial charge on any atom is 0.0951 e. The van der Waals surface area contributed by atoms with Crippen molar-refractivity contribution in [1.29, 1.82) is 0 Å². The van der Waals surface area contributed by atoms with Gasteiger partial charge in [0.15, 0.2) is 0 Å². The lowest BCUT2D eigenvalue weighted by Crippen LogP contribution is -1.98. The Morgan fingerprint density at radius 1 is 1.80 bits per heavy atom. The van der Waals surface area contributed by atoms with Crippen molar-refractivity contribution in [2.24, 2.45) is 0 Å². The van der Waals surface area contributed by atoms with E-state index in [4.69, 9.17) is 5.11 Å². The van der Waals surface area contributed by atoms with E-state index < -0.39 is 0 Å². The molecule has 3 nitrogen and oxygen atoms in total. The van der Waals surface area contributed by atoms with Crippen molar-refractivity contribution in [3.8, 4) is 0 Å². The van der Waals surface area contributed by atoms with Gasteiger partial charge in [0.05, 0.1) is 24.8 Å². The highest BCUT2D eigenvalue weighted by molar-refractivity contribution is 4.97. The highest BCUT2D eigenvalue weighted by atomic mass is 16.3. The monoisotopic (exact) mass is 138 g/mol. The third kappa shape index (κ3) is 1.25. The normalized spacial score (nSPS) is 9.70. The van der Waals surface area contributed by atoms with E-state index in [0.717, 1.165) is 5.69 Å². The first-order chi connectivity index (χ1) is 4.88. The van der Waals surface area contributed by atoms with Crippen LogP contribution >= 0.6 is 0 Å². The van der Waals surface area contributed by atoms with Gasteiger partial charge in [0.25, 0.3) is 0 Å². The quantitative estimate of drug-likeness (QED) is 0.620. The topological polar surface area (TPSA) is 38.0 Å². The van der Waals surface area contributed by atoms with Gasteiger partial charge in [-0.1, -0.05) is 6.08 Å². The summed E-state index contributed by atoms with van der Waals surface area (Å²) >= 11 is 0. The van der Waals surface area contributed by atoms with Crippen molar-refractivity contribution in [2.45, 2.75) is 13.2 Å². The molecule has 0 aliphatic carbocycles. The predicted octanol–water partition coefficient (Wildman–Crippen LogP) is 0.561. The smallest absolute Gasteiger partial charge is 0.0951 e. The molecule has 0 radical (unpaired) electrons. The van der Waals surface area contributed by atoms with Crippen LogP contribution in [0.4, 0.5) is 0 Å². The number of aliphatic hydroxyl groups excluding tert-OH is 1. The molecule has 0 aromatic carbocycles. The lowest BCUT2D eigenvalue weighted by atomic mass is 10.5. The summed E-state index contributed by atoms with van der Waals surface area (Å²) in [6.07, 6.45) is 5.08. The Bertz CT molecular complexity index is 217. The molecule has 1 rings (SSSR count). The van der Waals surface area contributed by atoms with E-state index in [1.807, 2.05) is 4.57 Å². The van der Waals surface area contributed by atoms with Crippen LogP contribution in [-0.4, -0.2) is 14.7 Å². The minimum Gasteiger partial charge on any atom is -0.390 e. The zero-order valence-electron chi connectivity index (χ0n) is 5.70. The molecule has 0 spiro atoms. The van der Waals surface area contributed by atoms with Crippen molar-refractivity contribution in [3.05, 3.63) is 30.9 Å². The maximum absolute atomic E-state index is 8.74. The summed E-state index contributed by atoms with van der Waals surface area (Å²) in [5, 5.41) is 8.74. The fourth-order valence-corrected chi connectivity index (χ4v) is 0.783. The first kappa shape index (κ1) is 7.02. The van der Waals surface area contributed by atoms with E-state index >= 15 is 0 Å². The fourth-order valence-electron chi connectivity index (χ4n) is 0.783. The summed E-state index contributed by atoms with van der Waals surface area (Å²) in [6, 6.07) is 0. The number of rotatable bonds is 3. The molecule has 0 saturated carbocycles. The Hall–Kier alpha value is -1.09. The number of imidazole rings is 1. The Kier molecular flexibility index (Phi) is 2.23. The minimum absolute atomic E-state index is 0.0356. The zero-order chi connectivity index (χ0) is 7.40. The van der Waals surface area contributed by atoms with E-state index in [1.165, 1.54) is 0 Å². The Morgan fingerprint density at radius 3 is 3.20 bits per heavy atom. The molecule has 0 fully saturated rings. The second kappa shape index (κ2) is 3.17. The van der Waals surface area contributed by atoms with Crippen LogP contribution in [0.25, 0.3) is 0 Å². The van der Waals surface area contributed by atoms with Gasteiger partial charge in [0, 0.05) is 6.54 Å². The molecule has 1 aromatic rings. The standard InChI is InChI=1S/C7H10N2O/c1-2-3-9-6-8-4-7(9)5-10/h2,4,6,10H,1,3,5H2. The first-order valence-electron chi connectivity index (χ1n) is 3.09. The summed E-state index contributed by atoms with van der Waals surface area (Å²) < 4.78 is 1.84. The van der Waals surface area contributed by atoms with Crippen LogP contribution in [0.15, 0.2) is 25.2 Å². The number of aliphatic hydroxyl groups is 1. The van der Waals surface area contributed by atoms with Gasteiger partial charge in [-0.15, -0.1) is 6.58 Å². The molecule has 54 valence electrons. The largest absolute Gasteiger partial charge is 0.390 e. The molecule has 0 aliphatic heterocycles. The molecule has 1 N–H and O–H groups in total. The van der Waals surface area contributed by atoms with E-state index in [1.54, 1.807) is 18.6 Å². The lowest BCUT2D eigenvalue weighted by Gasteiger charge is -1.99. The highest BCUT2D eigenvalue weighted by Crippen LogP contribution is 1.97. The molecule has 0 unspecified atom stereocenters. The SMILES string of the molecule is C=CCn1cncc1CO. The third-order valence-electron chi connectivity index (χ3n) is 1.29. The Labute approximate surface area is 59.6 Å². The van der Waals surface area contributed by atoms with Gasteiger partial charge in [-0.2, -0.15) is 0 Å². The van der Waals surface area contributed by atoms with Crippen molar-refractivity contribution in [3.63, 3.8) is 0 Å². The Morgan fingerprint density at radius 2 is 2.60 bits per heavy atom. The van der Waals surface area contributed by atoms with E-state index in [2.05, 4.69) is 11.6 Å². The van der Waals surface area contributed by atoms with Crippen molar-refractivity contribution >= 4 is 0 Å². The molecule has 0 atom stereocenters. The molecule has 1 aromatic heterocycles. The van der Waals surface area contributed by atoms with Gasteiger partial charge in [0.1, 0.15) is 0 Å². The molecule has 1 heterocycles. The molecule has 10 heavy (non-hydrogen) atoms. The second-order valence-electron chi connectivity index (χ2n) is 1.98. The minimum atomic E-state index is 0.0356. The summed E-state index contributed by atoms with van der Waals surface area (Å²) in [6.45, 7) is 4.32. The van der Waals surface area contributed by atoms with E-state index in [0.29, 0.717) is 6.54 Å². The second-order valence-corrected chi connectivity index (χ2v) is 1.98. The number of hydrogen-bond acceptors (Lipinski definition) is 2. The summed E-state index contributed by atoms with van der Waals surface area (Å²) in [5.74, 6) is 0. The number of nitrogens with zero attached hydrogens (tertiary/aromatic N) is 2. The van der Waals surface area contributed by atoms with Gasteiger partial charge in [-0.05, 0) is 0 Å². The van der Waals surface area contributed by atoms with E-state index in [9.17, 15) is 0 Å². The van der Waals surface area contributed by atoms with Crippen molar-refractivity contribution < 1.29 is 5.11 Å². The van der Waals surface area contributed by atoms with Gasteiger partial charge >= 0.3 is 0 Å². The van der Waals surface area contributed by atoms with Crippen LogP contribution in [0.5, 0.6) is 0 Å². The van der Waals surface area contributed by atoms with Crippen LogP contribution in [0.3, 0.4) is 0 Å². The van der Waals surface area contributed by atoms with Crippen molar-refractivity contribution in [1.82, 2.24) is 9.55 Å².